The molecule has 1 aliphatic rings. The van der Waals surface area contributed by atoms with Crippen LogP contribution in [-0.4, -0.2) is 18.5 Å². The van der Waals surface area contributed by atoms with Crippen molar-refractivity contribution >= 4 is 39.1 Å². The Kier molecular flexibility index (Phi) is 4.07. The summed E-state index contributed by atoms with van der Waals surface area (Å²) < 4.78 is 0.795. The molecule has 92 valence electrons. The lowest BCUT2D eigenvalue weighted by molar-refractivity contribution is -0.118. The number of carbonyl (C=O) groups is 1. The lowest BCUT2D eigenvalue weighted by Crippen LogP contribution is -2.39. The van der Waals surface area contributed by atoms with Crippen LogP contribution in [0.4, 0.5) is 5.69 Å². The molecule has 17 heavy (non-hydrogen) atoms. The Morgan fingerprint density at radius 1 is 1.59 bits per heavy atom. The number of benzene rings is 1. The number of anilines is 1. The lowest BCUT2D eigenvalue weighted by Gasteiger charge is -2.16. The molecule has 5 heteroatoms. The second kappa shape index (κ2) is 5.38. The topological polar surface area (TPSA) is 41.1 Å². The van der Waals surface area contributed by atoms with Crippen molar-refractivity contribution in [3.8, 4) is 0 Å². The highest BCUT2D eigenvalue weighted by molar-refractivity contribution is 9.10. The van der Waals surface area contributed by atoms with Gasteiger partial charge in [-0.1, -0.05) is 18.5 Å². The van der Waals surface area contributed by atoms with Crippen molar-refractivity contribution in [3.63, 3.8) is 0 Å². The van der Waals surface area contributed by atoms with Crippen molar-refractivity contribution in [1.29, 1.82) is 0 Å². The minimum absolute atomic E-state index is 0.0121. The van der Waals surface area contributed by atoms with E-state index in [0.29, 0.717) is 10.9 Å². The van der Waals surface area contributed by atoms with Gasteiger partial charge in [0, 0.05) is 9.50 Å². The summed E-state index contributed by atoms with van der Waals surface area (Å²) in [6.45, 7) is 2.99. The summed E-state index contributed by atoms with van der Waals surface area (Å²) >= 11 is 9.23. The van der Waals surface area contributed by atoms with Gasteiger partial charge in [-0.3, -0.25) is 4.79 Å². The molecule has 2 unspecified atom stereocenters. The Bertz CT molecular complexity index is 439. The number of nitrogens with one attached hydrogen (secondary N) is 2. The van der Waals surface area contributed by atoms with Crippen LogP contribution in [-0.2, 0) is 4.79 Å². The second-order valence-corrected chi connectivity index (χ2v) is 5.60. The molecule has 1 saturated heterocycles. The van der Waals surface area contributed by atoms with Crippen LogP contribution >= 0.6 is 27.5 Å². The van der Waals surface area contributed by atoms with E-state index in [1.54, 1.807) is 18.2 Å². The fourth-order valence-electron chi connectivity index (χ4n) is 1.99. The summed E-state index contributed by atoms with van der Waals surface area (Å²) in [5.74, 6) is 0.388. The van der Waals surface area contributed by atoms with Crippen molar-refractivity contribution < 1.29 is 4.79 Å². The van der Waals surface area contributed by atoms with Crippen molar-refractivity contribution in [3.05, 3.63) is 27.7 Å². The zero-order valence-electron chi connectivity index (χ0n) is 9.47. The van der Waals surface area contributed by atoms with Crippen molar-refractivity contribution in [2.24, 2.45) is 5.92 Å². The molecule has 0 bridgehead atoms. The lowest BCUT2D eigenvalue weighted by atomic mass is 10.0. The quantitative estimate of drug-likeness (QED) is 0.880. The van der Waals surface area contributed by atoms with E-state index < -0.39 is 0 Å². The van der Waals surface area contributed by atoms with E-state index in [2.05, 4.69) is 33.5 Å². The third-order valence-electron chi connectivity index (χ3n) is 3.00. The van der Waals surface area contributed by atoms with Crippen LogP contribution < -0.4 is 10.6 Å². The maximum absolute atomic E-state index is 12.0. The van der Waals surface area contributed by atoms with Gasteiger partial charge in [0.15, 0.2) is 0 Å². The van der Waals surface area contributed by atoms with Gasteiger partial charge in [0.1, 0.15) is 0 Å². The molecule has 2 atom stereocenters. The normalized spacial score (nSPS) is 23.7. The van der Waals surface area contributed by atoms with Crippen LogP contribution in [0, 0.1) is 5.92 Å². The molecule has 3 nitrogen and oxygen atoms in total. The van der Waals surface area contributed by atoms with E-state index >= 15 is 0 Å². The van der Waals surface area contributed by atoms with Crippen molar-refractivity contribution in [1.82, 2.24) is 5.32 Å². The third kappa shape index (κ3) is 3.00. The maximum atomic E-state index is 12.0. The number of rotatable bonds is 2. The Morgan fingerprint density at radius 2 is 2.35 bits per heavy atom. The van der Waals surface area contributed by atoms with Gasteiger partial charge in [-0.2, -0.15) is 0 Å². The molecule has 0 spiro atoms. The van der Waals surface area contributed by atoms with E-state index in [1.165, 1.54) is 0 Å². The van der Waals surface area contributed by atoms with Gasteiger partial charge >= 0.3 is 0 Å². The van der Waals surface area contributed by atoms with Crippen molar-refractivity contribution in [2.45, 2.75) is 19.4 Å². The van der Waals surface area contributed by atoms with Crippen LogP contribution in [0.2, 0.25) is 5.02 Å². The van der Waals surface area contributed by atoms with Gasteiger partial charge in [-0.25, -0.2) is 0 Å². The van der Waals surface area contributed by atoms with Gasteiger partial charge < -0.3 is 10.6 Å². The van der Waals surface area contributed by atoms with Crippen LogP contribution in [0.1, 0.15) is 13.3 Å². The predicted molar refractivity (Wildman–Crippen MR) is 73.4 cm³/mol. The first-order valence-electron chi connectivity index (χ1n) is 5.57. The highest BCUT2D eigenvalue weighted by Crippen LogP contribution is 2.26. The molecule has 1 aliphatic heterocycles. The van der Waals surface area contributed by atoms with Gasteiger partial charge in [0.25, 0.3) is 0 Å². The van der Waals surface area contributed by atoms with E-state index in [4.69, 9.17) is 11.6 Å². The monoisotopic (exact) mass is 316 g/mol. The second-order valence-electron chi connectivity index (χ2n) is 4.31. The summed E-state index contributed by atoms with van der Waals surface area (Å²) in [4.78, 5) is 12.0. The molecule has 1 amide bonds. The molecule has 0 saturated carbocycles. The Balaban J connectivity index is 2.07. The van der Waals surface area contributed by atoms with Crippen LogP contribution in [0.5, 0.6) is 0 Å². The molecule has 1 fully saturated rings. The number of amides is 1. The number of hydrogen-bond acceptors (Lipinski definition) is 2. The molecule has 0 radical (unpaired) electrons. The standard InChI is InChI=1S/C12H14BrClN2O/c1-7-4-5-15-11(7)12(17)16-10-3-2-8(14)6-9(10)13/h2-3,6-7,11,15H,4-5H2,1H3,(H,16,17). The highest BCUT2D eigenvalue weighted by Gasteiger charge is 2.29. The zero-order valence-corrected chi connectivity index (χ0v) is 11.8. The van der Waals surface area contributed by atoms with Crippen LogP contribution in [0.15, 0.2) is 22.7 Å². The summed E-state index contributed by atoms with van der Waals surface area (Å²) in [7, 11) is 0. The number of halogens is 2. The van der Waals surface area contributed by atoms with Crippen molar-refractivity contribution in [2.75, 3.05) is 11.9 Å². The first kappa shape index (κ1) is 12.9. The summed E-state index contributed by atoms with van der Waals surface area (Å²) in [5, 5.41) is 6.75. The number of carbonyl (C=O) groups excluding carboxylic acids is 1. The van der Waals surface area contributed by atoms with E-state index in [1.807, 2.05) is 0 Å². The van der Waals surface area contributed by atoms with Gasteiger partial charge in [-0.05, 0) is 53.0 Å². The summed E-state index contributed by atoms with van der Waals surface area (Å²) in [6.07, 6.45) is 1.04. The molecule has 1 heterocycles. The van der Waals surface area contributed by atoms with Gasteiger partial charge in [0.05, 0.1) is 11.7 Å². The third-order valence-corrected chi connectivity index (χ3v) is 3.90. The molecule has 0 aliphatic carbocycles. The minimum Gasteiger partial charge on any atom is -0.324 e. The molecule has 0 aromatic heterocycles. The Morgan fingerprint density at radius 3 is 2.94 bits per heavy atom. The molecule has 1 aromatic carbocycles. The Labute approximate surface area is 114 Å². The fourth-order valence-corrected chi connectivity index (χ4v) is 2.77. The molecular weight excluding hydrogens is 304 g/mol. The van der Waals surface area contributed by atoms with Crippen LogP contribution in [0.3, 0.4) is 0 Å². The minimum atomic E-state index is -0.0995. The molecule has 2 rings (SSSR count). The average molecular weight is 318 g/mol. The molecular formula is C12H14BrClN2O. The number of hydrogen-bond donors (Lipinski definition) is 2. The van der Waals surface area contributed by atoms with Crippen LogP contribution in [0.25, 0.3) is 0 Å². The summed E-state index contributed by atoms with van der Waals surface area (Å²) in [5.41, 5.74) is 0.750. The highest BCUT2D eigenvalue weighted by atomic mass is 79.9. The summed E-state index contributed by atoms with van der Waals surface area (Å²) in [6, 6.07) is 5.22. The molecule has 1 aromatic rings. The van der Waals surface area contributed by atoms with E-state index in [9.17, 15) is 4.79 Å². The first-order chi connectivity index (χ1) is 8.08. The van der Waals surface area contributed by atoms with E-state index in [0.717, 1.165) is 23.1 Å². The predicted octanol–water partition coefficient (Wildman–Crippen LogP) is 3.04. The SMILES string of the molecule is CC1CCNC1C(=O)Nc1ccc(Cl)cc1Br. The first-order valence-corrected chi connectivity index (χ1v) is 6.74. The zero-order chi connectivity index (χ0) is 12.4. The Hall–Kier alpha value is -0.580. The fraction of sp³-hybridized carbons (Fsp3) is 0.417. The smallest absolute Gasteiger partial charge is 0.241 e. The van der Waals surface area contributed by atoms with Gasteiger partial charge in [-0.15, -0.1) is 0 Å². The largest absolute Gasteiger partial charge is 0.324 e. The average Bonchev–Trinajstić information content (AvgIpc) is 2.68. The van der Waals surface area contributed by atoms with E-state index in [-0.39, 0.29) is 11.9 Å². The van der Waals surface area contributed by atoms with Gasteiger partial charge in [0.2, 0.25) is 5.91 Å². The maximum Gasteiger partial charge on any atom is 0.241 e. The molecule has 2 N–H and O–H groups in total.